The Balaban J connectivity index is 0. The fourth-order valence-corrected chi connectivity index (χ4v) is 0.870. The van der Waals surface area contributed by atoms with Gasteiger partial charge in [0.15, 0.2) is 0 Å². The average Bonchev–Trinajstić information content (AvgIpc) is 1.88. The van der Waals surface area contributed by atoms with E-state index in [1.807, 2.05) is 18.2 Å². The van der Waals surface area contributed by atoms with Gasteiger partial charge in [0.25, 0.3) is 0 Å². The maximum atomic E-state index is 3.16. The van der Waals surface area contributed by atoms with Crippen LogP contribution in [0.4, 0.5) is 0 Å². The van der Waals surface area contributed by atoms with Gasteiger partial charge in [-0.3, -0.25) is 0 Å². The Kier molecular flexibility index (Phi) is 10.5. The molecule has 0 aliphatic rings. The van der Waals surface area contributed by atoms with Gasteiger partial charge in [0.05, 0.1) is 0 Å². The van der Waals surface area contributed by atoms with Crippen LogP contribution in [0, 0.1) is 6.07 Å². The zero-order valence-electron chi connectivity index (χ0n) is 7.55. The Morgan fingerprint density at radius 3 is 2.42 bits per heavy atom. The number of benzene rings is 1. The molecule has 0 fully saturated rings. The van der Waals surface area contributed by atoms with Crippen LogP contribution in [-0.2, 0) is 6.54 Å². The molecule has 0 bridgehead atoms. The van der Waals surface area contributed by atoms with Crippen molar-refractivity contribution < 1.29 is 24.0 Å². The largest absolute Gasteiger partial charge is 2.00 e. The standard InChI is InChI=1S/C9H12N.HI.Mg/c1-10(2)8-9-6-4-3-5-7-9;;/h3-6H,8H2,1-2H3;1H;/q-1;;+2/p-1. The second-order valence-electron chi connectivity index (χ2n) is 2.63. The molecule has 0 aliphatic heterocycles. The van der Waals surface area contributed by atoms with Gasteiger partial charge in [-0.25, -0.2) is 0 Å². The van der Waals surface area contributed by atoms with E-state index in [-0.39, 0.29) is 47.0 Å². The normalized spacial score (nSPS) is 8.58. The molecule has 62 valence electrons. The maximum absolute atomic E-state index is 3.16. The molecule has 0 saturated carbocycles. The average molecular weight is 285 g/mol. The number of rotatable bonds is 2. The van der Waals surface area contributed by atoms with E-state index in [2.05, 4.69) is 31.1 Å². The quantitative estimate of drug-likeness (QED) is 0.351. The second-order valence-corrected chi connectivity index (χ2v) is 2.63. The fraction of sp³-hybridized carbons (Fsp3) is 0.333. The number of nitrogens with zero attached hydrogens (tertiary/aromatic N) is 1. The van der Waals surface area contributed by atoms with Crippen molar-refractivity contribution in [2.45, 2.75) is 6.54 Å². The van der Waals surface area contributed by atoms with Crippen LogP contribution in [0.2, 0.25) is 0 Å². The molecule has 1 rings (SSSR count). The molecular weight excluding hydrogens is 273 g/mol. The monoisotopic (exact) mass is 285 g/mol. The summed E-state index contributed by atoms with van der Waals surface area (Å²) < 4.78 is 0. The summed E-state index contributed by atoms with van der Waals surface area (Å²) in [4.78, 5) is 2.13. The van der Waals surface area contributed by atoms with Crippen LogP contribution < -0.4 is 24.0 Å². The third-order valence-electron chi connectivity index (χ3n) is 1.26. The summed E-state index contributed by atoms with van der Waals surface area (Å²) >= 11 is 0. The molecule has 0 unspecified atom stereocenters. The Labute approximate surface area is 108 Å². The Bertz CT molecular complexity index is 189. The van der Waals surface area contributed by atoms with Crippen molar-refractivity contribution in [3.63, 3.8) is 0 Å². The van der Waals surface area contributed by atoms with Crippen LogP contribution in [-0.4, -0.2) is 42.0 Å². The molecule has 0 atom stereocenters. The zero-order chi connectivity index (χ0) is 7.40. The molecule has 0 aliphatic carbocycles. The predicted molar refractivity (Wildman–Crippen MR) is 48.4 cm³/mol. The van der Waals surface area contributed by atoms with Crippen molar-refractivity contribution >= 4 is 23.1 Å². The molecular formula is C9H12IMgN. The summed E-state index contributed by atoms with van der Waals surface area (Å²) in [6.45, 7) is 0.973. The molecule has 0 amide bonds. The van der Waals surface area contributed by atoms with Crippen LogP contribution in [0.5, 0.6) is 0 Å². The first-order chi connectivity index (χ1) is 4.79. The van der Waals surface area contributed by atoms with Gasteiger partial charge >= 0.3 is 23.1 Å². The van der Waals surface area contributed by atoms with Gasteiger partial charge in [-0.1, -0.05) is 0 Å². The summed E-state index contributed by atoms with van der Waals surface area (Å²) in [6.07, 6.45) is 0. The van der Waals surface area contributed by atoms with E-state index in [0.717, 1.165) is 6.54 Å². The summed E-state index contributed by atoms with van der Waals surface area (Å²) in [5, 5.41) is 0. The van der Waals surface area contributed by atoms with Crippen LogP contribution in [0.1, 0.15) is 5.56 Å². The molecule has 1 nitrogen and oxygen atoms in total. The number of halogens is 1. The molecule has 1 aromatic carbocycles. The van der Waals surface area contributed by atoms with Crippen molar-refractivity contribution in [1.29, 1.82) is 0 Å². The van der Waals surface area contributed by atoms with E-state index in [9.17, 15) is 0 Å². The van der Waals surface area contributed by atoms with E-state index < -0.39 is 0 Å². The van der Waals surface area contributed by atoms with Gasteiger partial charge in [-0.2, -0.15) is 30.3 Å². The van der Waals surface area contributed by atoms with Crippen molar-refractivity contribution in [1.82, 2.24) is 4.90 Å². The van der Waals surface area contributed by atoms with Gasteiger partial charge in [0, 0.05) is 6.54 Å². The van der Waals surface area contributed by atoms with Gasteiger partial charge in [0.1, 0.15) is 0 Å². The predicted octanol–water partition coefficient (Wildman–Crippen LogP) is -1.83. The van der Waals surface area contributed by atoms with Crippen molar-refractivity contribution in [2.75, 3.05) is 14.1 Å². The fourth-order valence-electron chi connectivity index (χ4n) is 0.870. The maximum Gasteiger partial charge on any atom is 2.00 e. The van der Waals surface area contributed by atoms with Gasteiger partial charge in [-0.05, 0) is 14.1 Å². The molecule has 0 aromatic heterocycles. The number of hydrogen-bond acceptors (Lipinski definition) is 1. The van der Waals surface area contributed by atoms with Crippen LogP contribution in [0.15, 0.2) is 24.3 Å². The Morgan fingerprint density at radius 1 is 1.33 bits per heavy atom. The minimum absolute atomic E-state index is 0. The van der Waals surface area contributed by atoms with E-state index in [0.29, 0.717) is 0 Å². The summed E-state index contributed by atoms with van der Waals surface area (Å²) in [6, 6.07) is 11.2. The molecule has 3 heteroatoms. The summed E-state index contributed by atoms with van der Waals surface area (Å²) in [5.41, 5.74) is 1.24. The third-order valence-corrected chi connectivity index (χ3v) is 1.26. The van der Waals surface area contributed by atoms with Crippen LogP contribution in [0.25, 0.3) is 0 Å². The molecule has 0 saturated heterocycles. The number of hydrogen-bond donors (Lipinski definition) is 0. The van der Waals surface area contributed by atoms with Gasteiger partial charge in [0.2, 0.25) is 0 Å². The van der Waals surface area contributed by atoms with Crippen molar-refractivity contribution in [3.8, 4) is 0 Å². The minimum Gasteiger partial charge on any atom is -1.00 e. The van der Waals surface area contributed by atoms with E-state index in [1.54, 1.807) is 0 Å². The SMILES string of the molecule is CN(C)Cc1[c-]cccc1.[I-].[Mg+2]. The molecule has 0 radical (unpaired) electrons. The first-order valence-corrected chi connectivity index (χ1v) is 3.39. The minimum atomic E-state index is 0. The third kappa shape index (κ3) is 6.22. The molecule has 0 N–H and O–H groups in total. The second kappa shape index (κ2) is 8.28. The molecule has 12 heavy (non-hydrogen) atoms. The first kappa shape index (κ1) is 15.2. The van der Waals surface area contributed by atoms with Gasteiger partial charge < -0.3 is 28.9 Å². The molecule has 0 spiro atoms. The first-order valence-electron chi connectivity index (χ1n) is 3.39. The molecule has 0 heterocycles. The smallest absolute Gasteiger partial charge is 1.00 e. The van der Waals surface area contributed by atoms with Crippen LogP contribution >= 0.6 is 0 Å². The van der Waals surface area contributed by atoms with Gasteiger partial charge in [-0.15, -0.1) is 5.56 Å². The van der Waals surface area contributed by atoms with E-state index in [1.165, 1.54) is 5.56 Å². The van der Waals surface area contributed by atoms with Crippen LogP contribution in [0.3, 0.4) is 0 Å². The zero-order valence-corrected chi connectivity index (χ0v) is 11.1. The van der Waals surface area contributed by atoms with Crippen molar-refractivity contribution in [2.24, 2.45) is 0 Å². The van der Waals surface area contributed by atoms with E-state index in [4.69, 9.17) is 0 Å². The molecule has 1 aromatic rings. The Hall–Kier alpha value is 0.676. The summed E-state index contributed by atoms with van der Waals surface area (Å²) in [7, 11) is 4.11. The topological polar surface area (TPSA) is 3.24 Å². The Morgan fingerprint density at radius 2 is 2.00 bits per heavy atom. The van der Waals surface area contributed by atoms with E-state index >= 15 is 0 Å². The van der Waals surface area contributed by atoms with Crippen molar-refractivity contribution in [3.05, 3.63) is 35.9 Å². The summed E-state index contributed by atoms with van der Waals surface area (Å²) in [5.74, 6) is 0.